The molecule has 7 heteroatoms. The number of hydrogen-bond donors (Lipinski definition) is 1. The molecule has 1 heterocycles. The first-order valence-corrected chi connectivity index (χ1v) is 9.99. The Hall–Kier alpha value is -3.22. The highest BCUT2D eigenvalue weighted by Crippen LogP contribution is 2.29. The number of benzene rings is 2. The summed E-state index contributed by atoms with van der Waals surface area (Å²) in [4.78, 5) is 29.1. The van der Waals surface area contributed by atoms with E-state index < -0.39 is 0 Å². The molecular weight excluding hydrogens is 384 g/mol. The molecule has 2 aromatic rings. The number of hydrogen-bond acceptors (Lipinski definition) is 5. The van der Waals surface area contributed by atoms with Gasteiger partial charge >= 0.3 is 0 Å². The van der Waals surface area contributed by atoms with Crippen molar-refractivity contribution in [2.75, 3.05) is 40.4 Å². The van der Waals surface area contributed by atoms with Crippen molar-refractivity contribution < 1.29 is 24.2 Å². The molecule has 0 aliphatic carbocycles. The Bertz CT molecular complexity index is 933. The quantitative estimate of drug-likeness (QED) is 0.816. The van der Waals surface area contributed by atoms with Crippen molar-refractivity contribution in [2.24, 2.45) is 0 Å². The fraction of sp³-hybridized carbons (Fsp3) is 0.391. The molecule has 0 saturated carbocycles. The average Bonchev–Trinajstić information content (AvgIpc) is 2.77. The molecule has 1 aliphatic heterocycles. The Labute approximate surface area is 176 Å². The van der Waals surface area contributed by atoms with Crippen molar-refractivity contribution in [3.8, 4) is 17.2 Å². The SMILES string of the molecule is COc1ccc(C(=O)N2CCN(C(=O)c3ccc(C(C)C)cc3O)CC2)cc1OC. The molecule has 0 unspecified atom stereocenters. The molecule has 1 saturated heterocycles. The van der Waals surface area contributed by atoms with Gasteiger partial charge < -0.3 is 24.4 Å². The molecule has 30 heavy (non-hydrogen) atoms. The van der Waals surface area contributed by atoms with Crippen molar-refractivity contribution in [3.05, 3.63) is 53.1 Å². The number of piperazine rings is 1. The van der Waals surface area contributed by atoms with Crippen LogP contribution < -0.4 is 9.47 Å². The summed E-state index contributed by atoms with van der Waals surface area (Å²) in [6.07, 6.45) is 0. The summed E-state index contributed by atoms with van der Waals surface area (Å²) in [5, 5.41) is 10.3. The van der Waals surface area contributed by atoms with Crippen LogP contribution in [0.4, 0.5) is 0 Å². The van der Waals surface area contributed by atoms with Gasteiger partial charge in [0.25, 0.3) is 11.8 Å². The van der Waals surface area contributed by atoms with Gasteiger partial charge in [0.15, 0.2) is 11.5 Å². The minimum Gasteiger partial charge on any atom is -0.507 e. The van der Waals surface area contributed by atoms with Crippen LogP contribution in [-0.2, 0) is 0 Å². The van der Waals surface area contributed by atoms with Gasteiger partial charge in [0.05, 0.1) is 19.8 Å². The smallest absolute Gasteiger partial charge is 0.257 e. The number of aromatic hydroxyl groups is 1. The number of carbonyl (C=O) groups is 2. The second kappa shape index (κ2) is 9.07. The molecule has 1 fully saturated rings. The van der Waals surface area contributed by atoms with Crippen LogP contribution in [0.15, 0.2) is 36.4 Å². The van der Waals surface area contributed by atoms with Crippen LogP contribution in [0, 0.1) is 0 Å². The third-order valence-corrected chi connectivity index (χ3v) is 5.40. The molecule has 7 nitrogen and oxygen atoms in total. The molecule has 2 aromatic carbocycles. The lowest BCUT2D eigenvalue weighted by Gasteiger charge is -2.35. The van der Waals surface area contributed by atoms with Crippen LogP contribution in [0.25, 0.3) is 0 Å². The minimum atomic E-state index is -0.221. The normalized spacial score (nSPS) is 14.0. The lowest BCUT2D eigenvalue weighted by molar-refractivity contribution is 0.0533. The summed E-state index contributed by atoms with van der Waals surface area (Å²) in [7, 11) is 3.07. The summed E-state index contributed by atoms with van der Waals surface area (Å²) in [6, 6.07) is 10.3. The zero-order valence-electron chi connectivity index (χ0n) is 17.8. The van der Waals surface area contributed by atoms with Crippen LogP contribution in [0.5, 0.6) is 17.2 Å². The van der Waals surface area contributed by atoms with E-state index in [1.54, 1.807) is 47.2 Å². The summed E-state index contributed by atoms with van der Waals surface area (Å²) < 4.78 is 10.5. The molecule has 0 bridgehead atoms. The van der Waals surface area contributed by atoms with Crippen LogP contribution in [0.3, 0.4) is 0 Å². The van der Waals surface area contributed by atoms with E-state index in [0.717, 1.165) is 5.56 Å². The summed E-state index contributed by atoms with van der Waals surface area (Å²) in [5.74, 6) is 0.986. The van der Waals surface area contributed by atoms with E-state index >= 15 is 0 Å². The van der Waals surface area contributed by atoms with E-state index in [-0.39, 0.29) is 23.5 Å². The first-order valence-electron chi connectivity index (χ1n) is 9.99. The van der Waals surface area contributed by atoms with Gasteiger partial charge in [-0.05, 0) is 41.8 Å². The van der Waals surface area contributed by atoms with Crippen LogP contribution in [0.2, 0.25) is 0 Å². The van der Waals surface area contributed by atoms with Crippen LogP contribution >= 0.6 is 0 Å². The molecule has 3 rings (SSSR count). The number of methoxy groups -OCH3 is 2. The Morgan fingerprint density at radius 3 is 2.00 bits per heavy atom. The highest BCUT2D eigenvalue weighted by Gasteiger charge is 2.27. The van der Waals surface area contributed by atoms with Gasteiger partial charge in [-0.2, -0.15) is 0 Å². The highest BCUT2D eigenvalue weighted by molar-refractivity contribution is 5.98. The minimum absolute atomic E-state index is 0.00460. The van der Waals surface area contributed by atoms with E-state index in [1.807, 2.05) is 19.9 Å². The fourth-order valence-corrected chi connectivity index (χ4v) is 3.52. The number of amides is 2. The Morgan fingerprint density at radius 2 is 1.47 bits per heavy atom. The van der Waals surface area contributed by atoms with Crippen LogP contribution in [-0.4, -0.2) is 67.1 Å². The third kappa shape index (κ3) is 4.35. The van der Waals surface area contributed by atoms with Crippen molar-refractivity contribution in [2.45, 2.75) is 19.8 Å². The van der Waals surface area contributed by atoms with Crippen LogP contribution in [0.1, 0.15) is 46.0 Å². The van der Waals surface area contributed by atoms with Gasteiger partial charge in [0.1, 0.15) is 5.75 Å². The number of nitrogens with zero attached hydrogens (tertiary/aromatic N) is 2. The lowest BCUT2D eigenvalue weighted by Crippen LogP contribution is -2.50. The van der Waals surface area contributed by atoms with Crippen molar-refractivity contribution in [1.29, 1.82) is 0 Å². The second-order valence-corrected chi connectivity index (χ2v) is 7.59. The van der Waals surface area contributed by atoms with Gasteiger partial charge in [0.2, 0.25) is 0 Å². The van der Waals surface area contributed by atoms with Gasteiger partial charge in [-0.1, -0.05) is 19.9 Å². The number of phenols is 1. The Morgan fingerprint density at radius 1 is 0.867 bits per heavy atom. The summed E-state index contributed by atoms with van der Waals surface area (Å²) in [5.41, 5.74) is 1.78. The topological polar surface area (TPSA) is 79.3 Å². The zero-order valence-corrected chi connectivity index (χ0v) is 17.8. The van der Waals surface area contributed by atoms with Gasteiger partial charge in [-0.3, -0.25) is 9.59 Å². The standard InChI is InChI=1S/C23H28N2O5/c1-15(2)16-5-7-18(19(26)13-16)23(28)25-11-9-24(10-12-25)22(27)17-6-8-20(29-3)21(14-17)30-4/h5-8,13-15,26H,9-12H2,1-4H3. The van der Waals surface area contributed by atoms with Gasteiger partial charge in [0, 0.05) is 31.7 Å². The Kier molecular flexibility index (Phi) is 6.50. The molecule has 0 spiro atoms. The largest absolute Gasteiger partial charge is 0.507 e. The lowest BCUT2D eigenvalue weighted by atomic mass is 10.0. The molecule has 160 valence electrons. The maximum Gasteiger partial charge on any atom is 0.257 e. The second-order valence-electron chi connectivity index (χ2n) is 7.59. The fourth-order valence-electron chi connectivity index (χ4n) is 3.52. The molecular formula is C23H28N2O5. The van der Waals surface area contributed by atoms with E-state index in [0.29, 0.717) is 48.8 Å². The molecule has 0 radical (unpaired) electrons. The average molecular weight is 412 g/mol. The molecule has 0 aromatic heterocycles. The van der Waals surface area contributed by atoms with Crippen molar-refractivity contribution in [3.63, 3.8) is 0 Å². The first-order chi connectivity index (χ1) is 14.3. The van der Waals surface area contributed by atoms with Gasteiger partial charge in [-0.25, -0.2) is 0 Å². The van der Waals surface area contributed by atoms with E-state index in [1.165, 1.54) is 7.11 Å². The van der Waals surface area contributed by atoms with E-state index in [2.05, 4.69) is 0 Å². The first kappa shape index (κ1) is 21.5. The summed E-state index contributed by atoms with van der Waals surface area (Å²) in [6.45, 7) is 5.72. The van der Waals surface area contributed by atoms with Gasteiger partial charge in [-0.15, -0.1) is 0 Å². The number of ether oxygens (including phenoxy) is 2. The van der Waals surface area contributed by atoms with E-state index in [4.69, 9.17) is 9.47 Å². The Balaban J connectivity index is 1.66. The molecule has 2 amide bonds. The molecule has 0 atom stereocenters. The molecule has 1 N–H and O–H groups in total. The molecule has 1 aliphatic rings. The number of phenolic OH excluding ortho intramolecular Hbond substituents is 1. The zero-order chi connectivity index (χ0) is 21.8. The van der Waals surface area contributed by atoms with Crippen molar-refractivity contribution in [1.82, 2.24) is 9.80 Å². The third-order valence-electron chi connectivity index (χ3n) is 5.40. The van der Waals surface area contributed by atoms with Crippen molar-refractivity contribution >= 4 is 11.8 Å². The summed E-state index contributed by atoms with van der Waals surface area (Å²) >= 11 is 0. The number of carbonyl (C=O) groups excluding carboxylic acids is 2. The highest BCUT2D eigenvalue weighted by atomic mass is 16.5. The van der Waals surface area contributed by atoms with E-state index in [9.17, 15) is 14.7 Å². The predicted octanol–water partition coefficient (Wildman–Crippen LogP) is 3.13. The maximum atomic E-state index is 12.9. The monoisotopic (exact) mass is 412 g/mol. The number of rotatable bonds is 5. The maximum absolute atomic E-state index is 12.9. The predicted molar refractivity (Wildman–Crippen MR) is 114 cm³/mol.